The Kier molecular flexibility index (Phi) is 5.64. The van der Waals surface area contributed by atoms with Crippen LogP contribution < -0.4 is 4.90 Å². The fourth-order valence-electron chi connectivity index (χ4n) is 4.15. The smallest absolute Gasteiger partial charge is 0.236 e. The normalized spacial score (nSPS) is 18.5. The Morgan fingerprint density at radius 1 is 1.00 bits per heavy atom. The molecule has 0 N–H and O–H groups in total. The number of nitrogens with zero attached hydrogens (tertiary/aromatic N) is 5. The molecule has 2 fully saturated rings. The number of carbonyl (C=O) groups is 1. The van der Waals surface area contributed by atoms with E-state index in [1.54, 1.807) is 0 Å². The average molecular weight is 383 g/mol. The molecule has 2 aliphatic rings. The van der Waals surface area contributed by atoms with E-state index in [4.69, 9.17) is 9.84 Å². The van der Waals surface area contributed by atoms with E-state index in [1.165, 1.54) is 11.4 Å². The Bertz CT molecular complexity index is 806. The summed E-state index contributed by atoms with van der Waals surface area (Å²) in [7, 11) is 0. The number of piperazine rings is 1. The number of para-hydroxylation sites is 1. The average Bonchev–Trinajstić information content (AvgIpc) is 3.04. The van der Waals surface area contributed by atoms with Gasteiger partial charge in [-0.1, -0.05) is 18.2 Å². The number of hydrogen-bond donors (Lipinski definition) is 0. The van der Waals surface area contributed by atoms with E-state index in [9.17, 15) is 4.79 Å². The lowest BCUT2D eigenvalue weighted by Gasteiger charge is -2.37. The Balaban J connectivity index is 1.39. The third-order valence-corrected chi connectivity index (χ3v) is 5.67. The third-order valence-electron chi connectivity index (χ3n) is 5.67. The third kappa shape index (κ3) is 3.91. The highest BCUT2D eigenvalue weighted by atomic mass is 16.5. The maximum atomic E-state index is 12.5. The summed E-state index contributed by atoms with van der Waals surface area (Å²) in [6.07, 6.45) is 0. The van der Waals surface area contributed by atoms with Gasteiger partial charge in [-0.3, -0.25) is 9.69 Å². The summed E-state index contributed by atoms with van der Waals surface area (Å²) in [6, 6.07) is 10.3. The van der Waals surface area contributed by atoms with Crippen LogP contribution in [0.3, 0.4) is 0 Å². The van der Waals surface area contributed by atoms with Gasteiger partial charge in [0.1, 0.15) is 0 Å². The summed E-state index contributed by atoms with van der Waals surface area (Å²) in [5.74, 6) is 0.223. The van der Waals surface area contributed by atoms with E-state index in [-0.39, 0.29) is 5.91 Å². The number of anilines is 1. The minimum atomic E-state index is 0.223. The molecule has 1 aromatic carbocycles. The molecule has 3 heterocycles. The van der Waals surface area contributed by atoms with Crippen molar-refractivity contribution in [1.82, 2.24) is 19.6 Å². The first-order valence-electron chi connectivity index (χ1n) is 10.1. The number of morpholine rings is 1. The van der Waals surface area contributed by atoms with Crippen molar-refractivity contribution in [2.24, 2.45) is 0 Å². The van der Waals surface area contributed by atoms with E-state index in [0.717, 1.165) is 50.6 Å². The molecule has 7 nitrogen and oxygen atoms in total. The first-order valence-corrected chi connectivity index (χ1v) is 10.1. The Hall–Kier alpha value is -2.38. The number of ether oxygens (including phenoxy) is 1. The summed E-state index contributed by atoms with van der Waals surface area (Å²) in [5.41, 5.74) is 4.54. The zero-order valence-electron chi connectivity index (χ0n) is 16.8. The number of benzene rings is 1. The fraction of sp³-hybridized carbons (Fsp3) is 0.524. The molecule has 1 aromatic heterocycles. The zero-order valence-corrected chi connectivity index (χ0v) is 16.8. The molecule has 0 aliphatic carbocycles. The monoisotopic (exact) mass is 383 g/mol. The minimum absolute atomic E-state index is 0.223. The van der Waals surface area contributed by atoms with E-state index in [1.807, 2.05) is 27.8 Å². The van der Waals surface area contributed by atoms with Crippen molar-refractivity contribution in [3.8, 4) is 5.69 Å². The van der Waals surface area contributed by atoms with Gasteiger partial charge < -0.3 is 14.5 Å². The van der Waals surface area contributed by atoms with Gasteiger partial charge in [-0.05, 0) is 26.0 Å². The highest BCUT2D eigenvalue weighted by Gasteiger charge is 2.26. The topological polar surface area (TPSA) is 53.8 Å². The molecule has 0 atom stereocenters. The predicted molar refractivity (Wildman–Crippen MR) is 109 cm³/mol. The molecule has 150 valence electrons. The maximum Gasteiger partial charge on any atom is 0.236 e. The van der Waals surface area contributed by atoms with Crippen molar-refractivity contribution >= 4 is 11.6 Å². The number of aryl methyl sites for hydroxylation is 1. The molecule has 0 spiro atoms. The van der Waals surface area contributed by atoms with Crippen molar-refractivity contribution in [3.05, 3.63) is 41.7 Å². The summed E-state index contributed by atoms with van der Waals surface area (Å²) in [5, 5.41) is 4.77. The van der Waals surface area contributed by atoms with Crippen molar-refractivity contribution < 1.29 is 9.53 Å². The Morgan fingerprint density at radius 3 is 2.36 bits per heavy atom. The van der Waals surface area contributed by atoms with Crippen molar-refractivity contribution in [2.45, 2.75) is 13.8 Å². The number of rotatable bonds is 4. The van der Waals surface area contributed by atoms with Crippen LogP contribution >= 0.6 is 0 Å². The van der Waals surface area contributed by atoms with Crippen LogP contribution in [0.1, 0.15) is 11.4 Å². The van der Waals surface area contributed by atoms with Crippen LogP contribution in [0.15, 0.2) is 30.3 Å². The molecule has 4 rings (SSSR count). The summed E-state index contributed by atoms with van der Waals surface area (Å²) < 4.78 is 7.36. The SMILES string of the molecule is Cc1nn(-c2ccccc2)c(C)c1N1CCN(CC(=O)N2CCOCC2)CC1. The van der Waals surface area contributed by atoms with Gasteiger partial charge in [-0.25, -0.2) is 4.68 Å². The van der Waals surface area contributed by atoms with E-state index >= 15 is 0 Å². The van der Waals surface area contributed by atoms with Gasteiger partial charge in [0.2, 0.25) is 5.91 Å². The van der Waals surface area contributed by atoms with Crippen LogP contribution in [-0.4, -0.2) is 84.5 Å². The largest absolute Gasteiger partial charge is 0.378 e. The number of amides is 1. The molecule has 2 saturated heterocycles. The molecule has 0 radical (unpaired) electrons. The standard InChI is InChI=1S/C21H29N5O2/c1-17-21(18(2)26(22-17)19-6-4-3-5-7-19)25-10-8-23(9-11-25)16-20(27)24-12-14-28-15-13-24/h3-7H,8-16H2,1-2H3. The van der Waals surface area contributed by atoms with Crippen molar-refractivity contribution in [1.29, 1.82) is 0 Å². The minimum Gasteiger partial charge on any atom is -0.378 e. The van der Waals surface area contributed by atoms with Gasteiger partial charge in [0.15, 0.2) is 0 Å². The molecular weight excluding hydrogens is 354 g/mol. The second-order valence-electron chi connectivity index (χ2n) is 7.52. The molecule has 0 unspecified atom stereocenters. The van der Waals surface area contributed by atoms with Crippen LogP contribution in [0.5, 0.6) is 0 Å². The van der Waals surface area contributed by atoms with Crippen LogP contribution in [0.2, 0.25) is 0 Å². The van der Waals surface area contributed by atoms with Gasteiger partial charge in [0.05, 0.1) is 42.5 Å². The van der Waals surface area contributed by atoms with Gasteiger partial charge in [0, 0.05) is 39.3 Å². The second kappa shape index (κ2) is 8.32. The van der Waals surface area contributed by atoms with E-state index < -0.39 is 0 Å². The van der Waals surface area contributed by atoms with E-state index in [0.29, 0.717) is 19.8 Å². The number of hydrogen-bond acceptors (Lipinski definition) is 5. The lowest BCUT2D eigenvalue weighted by Crippen LogP contribution is -2.51. The van der Waals surface area contributed by atoms with Crippen LogP contribution in [0.25, 0.3) is 5.69 Å². The van der Waals surface area contributed by atoms with Crippen LogP contribution in [0.4, 0.5) is 5.69 Å². The fourth-order valence-corrected chi connectivity index (χ4v) is 4.15. The van der Waals surface area contributed by atoms with Gasteiger partial charge >= 0.3 is 0 Å². The quantitative estimate of drug-likeness (QED) is 0.800. The Labute approximate surface area is 166 Å². The molecule has 0 bridgehead atoms. The molecule has 0 saturated carbocycles. The number of carbonyl (C=O) groups excluding carboxylic acids is 1. The zero-order chi connectivity index (χ0) is 19.5. The first kappa shape index (κ1) is 19.0. The molecule has 28 heavy (non-hydrogen) atoms. The van der Waals surface area contributed by atoms with Gasteiger partial charge in [-0.15, -0.1) is 0 Å². The summed E-state index contributed by atoms with van der Waals surface area (Å²) in [4.78, 5) is 19.1. The predicted octanol–water partition coefficient (Wildman–Crippen LogP) is 1.47. The summed E-state index contributed by atoms with van der Waals surface area (Å²) >= 11 is 0. The molecular formula is C21H29N5O2. The lowest BCUT2D eigenvalue weighted by molar-refractivity contribution is -0.136. The first-order chi connectivity index (χ1) is 13.6. The molecule has 2 aromatic rings. The Morgan fingerprint density at radius 2 is 1.68 bits per heavy atom. The van der Waals surface area contributed by atoms with E-state index in [2.05, 4.69) is 35.8 Å². The lowest BCUT2D eigenvalue weighted by atomic mass is 10.2. The molecule has 1 amide bonds. The van der Waals surface area contributed by atoms with Gasteiger partial charge in [0.25, 0.3) is 0 Å². The van der Waals surface area contributed by atoms with Gasteiger partial charge in [-0.2, -0.15) is 5.10 Å². The van der Waals surface area contributed by atoms with Crippen LogP contribution in [-0.2, 0) is 9.53 Å². The number of aromatic nitrogens is 2. The maximum absolute atomic E-state index is 12.5. The molecule has 2 aliphatic heterocycles. The van der Waals surface area contributed by atoms with Crippen molar-refractivity contribution in [3.63, 3.8) is 0 Å². The highest BCUT2D eigenvalue weighted by molar-refractivity contribution is 5.78. The summed E-state index contributed by atoms with van der Waals surface area (Å²) in [6.45, 7) is 11.1. The second-order valence-corrected chi connectivity index (χ2v) is 7.52. The molecule has 7 heteroatoms. The van der Waals surface area contributed by atoms with Crippen LogP contribution in [0, 0.1) is 13.8 Å². The highest BCUT2D eigenvalue weighted by Crippen LogP contribution is 2.27. The van der Waals surface area contributed by atoms with Crippen molar-refractivity contribution in [2.75, 3.05) is 63.9 Å².